The van der Waals surface area contributed by atoms with Crippen LogP contribution in [0.25, 0.3) is 0 Å². The molecule has 1 fully saturated rings. The number of nitrogens with one attached hydrogen (secondary N) is 1. The van der Waals surface area contributed by atoms with Gasteiger partial charge >= 0.3 is 0 Å². The van der Waals surface area contributed by atoms with Gasteiger partial charge in [-0.1, -0.05) is 29.8 Å². The number of anilines is 1. The molecule has 1 unspecified atom stereocenters. The van der Waals surface area contributed by atoms with E-state index < -0.39 is 0 Å². The average Bonchev–Trinajstić information content (AvgIpc) is 2.82. The van der Waals surface area contributed by atoms with E-state index in [9.17, 15) is 4.39 Å². The van der Waals surface area contributed by atoms with Crippen LogP contribution in [0, 0.1) is 24.1 Å². The molecule has 1 aliphatic heterocycles. The maximum Gasteiger partial charge on any atom is 0.123 e. The summed E-state index contributed by atoms with van der Waals surface area (Å²) in [4.78, 5) is 4.53. The predicted octanol–water partition coefficient (Wildman–Crippen LogP) is 5.73. The standard InChI is InChI=1S/C25H32FN3/c1-17-4-13-24-22(14-17)15-28(3)16-25(27)29(24)18(2)19-5-7-20(8-6-19)21-9-11-23(26)12-10-21/h4,9-14,18-20,27H,5-8,15-16H2,1-3H3. The fourth-order valence-corrected chi connectivity index (χ4v) is 5.25. The average molecular weight is 394 g/mol. The molecule has 4 rings (SSSR count). The third-order valence-electron chi connectivity index (χ3n) is 6.85. The van der Waals surface area contributed by atoms with Crippen LogP contribution in [0.4, 0.5) is 10.1 Å². The maximum atomic E-state index is 13.2. The van der Waals surface area contributed by atoms with Gasteiger partial charge in [0, 0.05) is 18.3 Å². The van der Waals surface area contributed by atoms with E-state index in [0.717, 1.165) is 32.2 Å². The summed E-state index contributed by atoms with van der Waals surface area (Å²) in [6.45, 7) is 6.01. The summed E-state index contributed by atoms with van der Waals surface area (Å²) in [6.07, 6.45) is 4.60. The van der Waals surface area contributed by atoms with E-state index in [4.69, 9.17) is 5.41 Å². The molecule has 0 radical (unpaired) electrons. The monoisotopic (exact) mass is 393 g/mol. The molecular formula is C25H32FN3. The highest BCUT2D eigenvalue weighted by Crippen LogP contribution is 2.40. The van der Waals surface area contributed by atoms with Gasteiger partial charge in [0.25, 0.3) is 0 Å². The number of aryl methyl sites for hydroxylation is 1. The van der Waals surface area contributed by atoms with E-state index in [2.05, 4.69) is 48.9 Å². The molecule has 0 aromatic heterocycles. The lowest BCUT2D eigenvalue weighted by Gasteiger charge is -2.40. The van der Waals surface area contributed by atoms with Crippen molar-refractivity contribution < 1.29 is 4.39 Å². The summed E-state index contributed by atoms with van der Waals surface area (Å²) in [5.41, 5.74) is 5.07. The number of amidine groups is 1. The number of fused-ring (bicyclic) bond motifs is 1. The molecule has 2 aliphatic rings. The highest BCUT2D eigenvalue weighted by atomic mass is 19.1. The third kappa shape index (κ3) is 4.23. The number of benzene rings is 2. The van der Waals surface area contributed by atoms with Gasteiger partial charge in [-0.05, 0) is 87.7 Å². The molecule has 3 nitrogen and oxygen atoms in total. The number of halogens is 1. The molecule has 2 aromatic rings. The number of hydrogen-bond donors (Lipinski definition) is 1. The van der Waals surface area contributed by atoms with Gasteiger partial charge in [-0.15, -0.1) is 0 Å². The van der Waals surface area contributed by atoms with Gasteiger partial charge in [-0.2, -0.15) is 0 Å². The summed E-state index contributed by atoms with van der Waals surface area (Å²) in [7, 11) is 2.10. The Morgan fingerprint density at radius 1 is 1.00 bits per heavy atom. The number of hydrogen-bond acceptors (Lipinski definition) is 2. The SMILES string of the molecule is Cc1ccc2c(c1)CN(C)CC(=N)N2C(C)C1CCC(c2ccc(F)cc2)CC1. The lowest BCUT2D eigenvalue weighted by atomic mass is 9.76. The summed E-state index contributed by atoms with van der Waals surface area (Å²) in [5, 5.41) is 8.79. The van der Waals surface area contributed by atoms with Gasteiger partial charge in [-0.3, -0.25) is 10.3 Å². The molecule has 0 amide bonds. The Morgan fingerprint density at radius 3 is 2.38 bits per heavy atom. The minimum atomic E-state index is -0.158. The Kier molecular flexibility index (Phi) is 5.73. The molecule has 2 aromatic carbocycles. The first-order valence-electron chi connectivity index (χ1n) is 10.8. The third-order valence-corrected chi connectivity index (χ3v) is 6.85. The van der Waals surface area contributed by atoms with Crippen LogP contribution in [-0.2, 0) is 6.54 Å². The van der Waals surface area contributed by atoms with Crippen LogP contribution in [0.1, 0.15) is 55.2 Å². The second-order valence-corrected chi connectivity index (χ2v) is 9.03. The Bertz CT molecular complexity index is 868. The smallest absolute Gasteiger partial charge is 0.123 e. The van der Waals surface area contributed by atoms with Crippen molar-refractivity contribution in [3.05, 3.63) is 65.0 Å². The summed E-state index contributed by atoms with van der Waals surface area (Å²) in [6, 6.07) is 14.0. The van der Waals surface area contributed by atoms with Crippen LogP contribution in [-0.4, -0.2) is 30.4 Å². The molecule has 0 saturated heterocycles. The highest BCUT2D eigenvalue weighted by Gasteiger charge is 2.33. The normalized spacial score (nSPS) is 24.1. The zero-order chi connectivity index (χ0) is 20.5. The fraction of sp³-hybridized carbons (Fsp3) is 0.480. The predicted molar refractivity (Wildman–Crippen MR) is 118 cm³/mol. The van der Waals surface area contributed by atoms with Crippen molar-refractivity contribution in [2.75, 3.05) is 18.5 Å². The second-order valence-electron chi connectivity index (χ2n) is 9.03. The molecule has 1 N–H and O–H groups in total. The van der Waals surface area contributed by atoms with E-state index in [-0.39, 0.29) is 5.82 Å². The van der Waals surface area contributed by atoms with E-state index in [0.29, 0.717) is 30.3 Å². The second kappa shape index (κ2) is 8.27. The number of rotatable bonds is 3. The van der Waals surface area contributed by atoms with E-state index in [1.54, 1.807) is 12.1 Å². The first kappa shape index (κ1) is 20.1. The van der Waals surface area contributed by atoms with Gasteiger partial charge in [0.15, 0.2) is 0 Å². The van der Waals surface area contributed by atoms with Crippen LogP contribution in [0.15, 0.2) is 42.5 Å². The van der Waals surface area contributed by atoms with Crippen molar-refractivity contribution in [2.24, 2.45) is 5.92 Å². The lowest BCUT2D eigenvalue weighted by molar-refractivity contribution is 0.291. The molecule has 1 heterocycles. The molecule has 4 heteroatoms. The molecule has 0 spiro atoms. The van der Waals surface area contributed by atoms with Crippen LogP contribution in [0.3, 0.4) is 0 Å². The van der Waals surface area contributed by atoms with Crippen LogP contribution < -0.4 is 4.90 Å². The van der Waals surface area contributed by atoms with Crippen molar-refractivity contribution in [3.63, 3.8) is 0 Å². The molecule has 0 bridgehead atoms. The fourth-order valence-electron chi connectivity index (χ4n) is 5.25. The lowest BCUT2D eigenvalue weighted by Crippen LogP contribution is -2.46. The van der Waals surface area contributed by atoms with E-state index >= 15 is 0 Å². The topological polar surface area (TPSA) is 30.3 Å². The van der Waals surface area contributed by atoms with Gasteiger partial charge in [-0.25, -0.2) is 4.39 Å². The summed E-state index contributed by atoms with van der Waals surface area (Å²) >= 11 is 0. The molecule has 1 aliphatic carbocycles. The van der Waals surface area contributed by atoms with Crippen molar-refractivity contribution in [2.45, 2.75) is 58.0 Å². The largest absolute Gasteiger partial charge is 0.326 e. The van der Waals surface area contributed by atoms with E-state index in [1.165, 1.54) is 22.4 Å². The quantitative estimate of drug-likeness (QED) is 0.722. The van der Waals surface area contributed by atoms with Crippen molar-refractivity contribution >= 4 is 11.5 Å². The zero-order valence-corrected chi connectivity index (χ0v) is 17.8. The van der Waals surface area contributed by atoms with Gasteiger partial charge in [0.1, 0.15) is 11.7 Å². The maximum absolute atomic E-state index is 13.2. The molecule has 1 atom stereocenters. The minimum Gasteiger partial charge on any atom is -0.326 e. The van der Waals surface area contributed by atoms with Crippen LogP contribution in [0.5, 0.6) is 0 Å². The van der Waals surface area contributed by atoms with Crippen molar-refractivity contribution in [1.82, 2.24) is 4.90 Å². The Labute approximate surface area is 174 Å². The minimum absolute atomic E-state index is 0.158. The Morgan fingerprint density at radius 2 is 1.69 bits per heavy atom. The summed E-state index contributed by atoms with van der Waals surface area (Å²) in [5.74, 6) is 1.64. The molecule has 1 saturated carbocycles. The van der Waals surface area contributed by atoms with Gasteiger partial charge in [0.05, 0.1) is 6.54 Å². The first-order chi connectivity index (χ1) is 13.9. The molecular weight excluding hydrogens is 361 g/mol. The zero-order valence-electron chi connectivity index (χ0n) is 17.8. The molecule has 154 valence electrons. The van der Waals surface area contributed by atoms with Crippen molar-refractivity contribution in [1.29, 1.82) is 5.41 Å². The first-order valence-corrected chi connectivity index (χ1v) is 10.8. The highest BCUT2D eigenvalue weighted by molar-refractivity contribution is 5.98. The Hall–Kier alpha value is -2.20. The van der Waals surface area contributed by atoms with Gasteiger partial charge in [0.2, 0.25) is 0 Å². The van der Waals surface area contributed by atoms with Gasteiger partial charge < -0.3 is 4.90 Å². The van der Waals surface area contributed by atoms with Crippen LogP contribution >= 0.6 is 0 Å². The van der Waals surface area contributed by atoms with Crippen LogP contribution in [0.2, 0.25) is 0 Å². The number of likely N-dealkylation sites (N-methyl/N-ethyl adjacent to an activating group) is 1. The van der Waals surface area contributed by atoms with E-state index in [1.807, 2.05) is 12.1 Å². The Balaban J connectivity index is 1.51. The number of nitrogens with zero attached hydrogens (tertiary/aromatic N) is 2. The molecule has 29 heavy (non-hydrogen) atoms. The van der Waals surface area contributed by atoms with Crippen molar-refractivity contribution in [3.8, 4) is 0 Å². The summed E-state index contributed by atoms with van der Waals surface area (Å²) < 4.78 is 13.2.